The van der Waals surface area contributed by atoms with E-state index in [-0.39, 0.29) is 5.92 Å². The van der Waals surface area contributed by atoms with Crippen LogP contribution in [0.5, 0.6) is 5.75 Å². The predicted molar refractivity (Wildman–Crippen MR) is 59.7 cm³/mol. The normalized spacial score (nSPS) is 11.9. The lowest BCUT2D eigenvalue weighted by molar-refractivity contribution is 0.414. The first-order valence-corrected chi connectivity index (χ1v) is 5.19. The summed E-state index contributed by atoms with van der Waals surface area (Å²) in [5.41, 5.74) is 0.883. The summed E-state index contributed by atoms with van der Waals surface area (Å²) >= 11 is 9.27. The first kappa shape index (κ1) is 11.4. The van der Waals surface area contributed by atoms with Crippen LogP contribution in [-0.2, 0) is 0 Å². The van der Waals surface area contributed by atoms with Crippen LogP contribution in [0.15, 0.2) is 16.6 Å². The van der Waals surface area contributed by atoms with Crippen LogP contribution in [0.1, 0.15) is 18.4 Å². The van der Waals surface area contributed by atoms with E-state index in [0.29, 0.717) is 10.8 Å². The molecule has 4 heteroatoms. The van der Waals surface area contributed by atoms with Crippen LogP contribution in [0.2, 0.25) is 5.02 Å². The highest BCUT2D eigenvalue weighted by molar-refractivity contribution is 9.10. The van der Waals surface area contributed by atoms with Crippen LogP contribution in [0.3, 0.4) is 0 Å². The van der Waals surface area contributed by atoms with E-state index in [1.807, 2.05) is 6.92 Å². The highest BCUT2D eigenvalue weighted by atomic mass is 79.9. The third-order valence-corrected chi connectivity index (χ3v) is 2.91. The average molecular weight is 275 g/mol. The minimum absolute atomic E-state index is 0.185. The minimum atomic E-state index is -0.185. The molecule has 2 nitrogen and oxygen atoms in total. The smallest absolute Gasteiger partial charge is 0.137 e. The summed E-state index contributed by atoms with van der Waals surface area (Å²) in [5, 5.41) is 9.34. The zero-order valence-electron chi connectivity index (χ0n) is 7.84. The molecule has 0 N–H and O–H groups in total. The Bertz CT molecular complexity index is 386. The summed E-state index contributed by atoms with van der Waals surface area (Å²) in [6.45, 7) is 1.83. The van der Waals surface area contributed by atoms with E-state index in [1.165, 1.54) is 0 Å². The molecule has 1 aromatic carbocycles. The Morgan fingerprint density at radius 2 is 2.21 bits per heavy atom. The summed E-state index contributed by atoms with van der Waals surface area (Å²) in [6, 6.07) is 5.68. The van der Waals surface area contributed by atoms with Crippen LogP contribution in [0.4, 0.5) is 0 Å². The Hall–Kier alpha value is -0.720. The van der Waals surface area contributed by atoms with Crippen LogP contribution in [0, 0.1) is 11.3 Å². The number of methoxy groups -OCH3 is 1. The first-order chi connectivity index (χ1) is 6.60. The molecule has 0 heterocycles. The van der Waals surface area contributed by atoms with E-state index in [1.54, 1.807) is 19.2 Å². The van der Waals surface area contributed by atoms with Gasteiger partial charge in [0.15, 0.2) is 0 Å². The summed E-state index contributed by atoms with van der Waals surface area (Å²) in [6.07, 6.45) is 0. The number of benzene rings is 1. The fourth-order valence-electron chi connectivity index (χ4n) is 1.10. The third-order valence-electron chi connectivity index (χ3n) is 1.93. The number of nitrogens with zero attached hydrogens (tertiary/aromatic N) is 1. The molecule has 0 aromatic heterocycles. The monoisotopic (exact) mass is 273 g/mol. The minimum Gasteiger partial charge on any atom is -0.495 e. The second kappa shape index (κ2) is 4.68. The number of nitriles is 1. The molecule has 0 aliphatic heterocycles. The van der Waals surface area contributed by atoms with Gasteiger partial charge in [-0.3, -0.25) is 0 Å². The van der Waals surface area contributed by atoms with E-state index < -0.39 is 0 Å². The van der Waals surface area contributed by atoms with Gasteiger partial charge in [-0.25, -0.2) is 0 Å². The summed E-state index contributed by atoms with van der Waals surface area (Å²) < 4.78 is 5.90. The van der Waals surface area contributed by atoms with E-state index in [0.717, 1.165) is 10.0 Å². The van der Waals surface area contributed by atoms with Crippen molar-refractivity contribution in [3.8, 4) is 11.8 Å². The lowest BCUT2D eigenvalue weighted by Gasteiger charge is -2.10. The molecule has 0 saturated carbocycles. The van der Waals surface area contributed by atoms with Gasteiger partial charge in [-0.15, -0.1) is 0 Å². The fourth-order valence-corrected chi connectivity index (χ4v) is 2.16. The Balaban J connectivity index is 3.25. The highest BCUT2D eigenvalue weighted by Gasteiger charge is 2.12. The maximum Gasteiger partial charge on any atom is 0.137 e. The van der Waals surface area contributed by atoms with Gasteiger partial charge in [-0.05, 0) is 24.6 Å². The number of halogens is 2. The molecule has 0 radical (unpaired) electrons. The maximum atomic E-state index is 8.80. The topological polar surface area (TPSA) is 33.0 Å². The highest BCUT2D eigenvalue weighted by Crippen LogP contribution is 2.34. The fraction of sp³-hybridized carbons (Fsp3) is 0.300. The van der Waals surface area contributed by atoms with E-state index >= 15 is 0 Å². The van der Waals surface area contributed by atoms with Crippen LogP contribution in [0.25, 0.3) is 0 Å². The summed E-state index contributed by atoms with van der Waals surface area (Å²) in [5.74, 6) is 0.405. The zero-order valence-corrected chi connectivity index (χ0v) is 10.2. The molecule has 74 valence electrons. The number of ether oxygens (including phenoxy) is 1. The maximum absolute atomic E-state index is 8.80. The Labute approximate surface area is 96.6 Å². The SMILES string of the molecule is COc1cc(C(C)C#N)c(Br)cc1Cl. The molecule has 1 unspecified atom stereocenters. The van der Waals surface area contributed by atoms with Crippen molar-refractivity contribution in [2.45, 2.75) is 12.8 Å². The van der Waals surface area contributed by atoms with Crippen LogP contribution >= 0.6 is 27.5 Å². The number of hydrogen-bond donors (Lipinski definition) is 0. The second-order valence-corrected chi connectivity index (χ2v) is 4.12. The van der Waals surface area contributed by atoms with E-state index in [4.69, 9.17) is 21.6 Å². The molecular formula is C10H9BrClNO. The molecule has 14 heavy (non-hydrogen) atoms. The summed E-state index contributed by atoms with van der Waals surface area (Å²) in [4.78, 5) is 0. The van der Waals surface area contributed by atoms with Crippen molar-refractivity contribution in [1.82, 2.24) is 0 Å². The second-order valence-electron chi connectivity index (χ2n) is 2.86. The average Bonchev–Trinajstić information content (AvgIpc) is 2.17. The van der Waals surface area contributed by atoms with Gasteiger partial charge < -0.3 is 4.74 Å². The molecule has 0 aliphatic rings. The zero-order chi connectivity index (χ0) is 10.7. The number of rotatable bonds is 2. The van der Waals surface area contributed by atoms with Gasteiger partial charge >= 0.3 is 0 Å². The Morgan fingerprint density at radius 3 is 2.71 bits per heavy atom. The molecule has 0 amide bonds. The largest absolute Gasteiger partial charge is 0.495 e. The van der Waals surface area contributed by atoms with Crippen molar-refractivity contribution in [2.75, 3.05) is 7.11 Å². The van der Waals surface area contributed by atoms with Gasteiger partial charge in [0.05, 0.1) is 24.1 Å². The Morgan fingerprint density at radius 1 is 1.57 bits per heavy atom. The van der Waals surface area contributed by atoms with Crippen molar-refractivity contribution >= 4 is 27.5 Å². The van der Waals surface area contributed by atoms with Crippen molar-refractivity contribution in [2.24, 2.45) is 0 Å². The summed E-state index contributed by atoms with van der Waals surface area (Å²) in [7, 11) is 1.55. The predicted octanol–water partition coefficient (Wildman–Crippen LogP) is 3.74. The van der Waals surface area contributed by atoms with Gasteiger partial charge in [0.1, 0.15) is 5.75 Å². The molecule has 1 aromatic rings. The van der Waals surface area contributed by atoms with Gasteiger partial charge in [0, 0.05) is 4.47 Å². The molecule has 1 rings (SSSR count). The lowest BCUT2D eigenvalue weighted by atomic mass is 10.0. The van der Waals surface area contributed by atoms with Crippen molar-refractivity contribution in [3.05, 3.63) is 27.2 Å². The van der Waals surface area contributed by atoms with Gasteiger partial charge in [0.25, 0.3) is 0 Å². The molecule has 0 saturated heterocycles. The number of hydrogen-bond acceptors (Lipinski definition) is 2. The third kappa shape index (κ3) is 2.20. The molecule has 0 aliphatic carbocycles. The van der Waals surface area contributed by atoms with Crippen molar-refractivity contribution in [3.63, 3.8) is 0 Å². The quantitative estimate of drug-likeness (QED) is 0.823. The van der Waals surface area contributed by atoms with Gasteiger partial charge in [-0.2, -0.15) is 5.26 Å². The van der Waals surface area contributed by atoms with Crippen LogP contribution < -0.4 is 4.74 Å². The van der Waals surface area contributed by atoms with E-state index in [9.17, 15) is 0 Å². The first-order valence-electron chi connectivity index (χ1n) is 4.02. The standard InChI is InChI=1S/C10H9BrClNO/c1-6(5-13)7-3-10(14-2)9(12)4-8(7)11/h3-4,6H,1-2H3. The molecule has 0 spiro atoms. The van der Waals surface area contributed by atoms with Crippen molar-refractivity contribution in [1.29, 1.82) is 5.26 Å². The molecule has 0 fully saturated rings. The van der Waals surface area contributed by atoms with Crippen LogP contribution in [-0.4, -0.2) is 7.11 Å². The molecule has 0 bridgehead atoms. The Kier molecular flexibility index (Phi) is 3.79. The lowest BCUT2D eigenvalue weighted by Crippen LogP contribution is -1.94. The van der Waals surface area contributed by atoms with Crippen molar-refractivity contribution < 1.29 is 4.74 Å². The molecular weight excluding hydrogens is 265 g/mol. The van der Waals surface area contributed by atoms with E-state index in [2.05, 4.69) is 22.0 Å². The molecule has 1 atom stereocenters. The van der Waals surface area contributed by atoms with Gasteiger partial charge in [-0.1, -0.05) is 27.5 Å². The van der Waals surface area contributed by atoms with Gasteiger partial charge in [0.2, 0.25) is 0 Å².